The molecule has 2 rings (SSSR count). The van der Waals surface area contributed by atoms with E-state index in [2.05, 4.69) is 6.92 Å². The van der Waals surface area contributed by atoms with Gasteiger partial charge in [0, 0.05) is 18.9 Å². The third-order valence-electron chi connectivity index (χ3n) is 4.21. The van der Waals surface area contributed by atoms with E-state index in [9.17, 15) is 4.79 Å². The summed E-state index contributed by atoms with van der Waals surface area (Å²) < 4.78 is 5.56. The Morgan fingerprint density at radius 3 is 2.56 bits per heavy atom. The molecule has 2 aliphatic rings. The number of ketones is 1. The second kappa shape index (κ2) is 5.81. The highest BCUT2D eigenvalue weighted by Crippen LogP contribution is 2.30. The summed E-state index contributed by atoms with van der Waals surface area (Å²) in [7, 11) is 0. The Labute approximate surface area is 98.7 Å². The van der Waals surface area contributed by atoms with E-state index in [4.69, 9.17) is 4.74 Å². The standard InChI is InChI=1S/C14H24O2/c1-11-4-6-12(7-5-11)14(15)9-8-13-3-2-10-16-13/h11-13H,2-10H2,1H3. The predicted molar refractivity (Wildman–Crippen MR) is 64.3 cm³/mol. The summed E-state index contributed by atoms with van der Waals surface area (Å²) in [6.45, 7) is 3.20. The predicted octanol–water partition coefficient (Wildman–Crippen LogP) is 3.34. The summed E-state index contributed by atoms with van der Waals surface area (Å²) in [5.41, 5.74) is 0. The fourth-order valence-electron chi connectivity index (χ4n) is 2.96. The normalized spacial score (nSPS) is 35.2. The molecule has 0 amide bonds. The van der Waals surface area contributed by atoms with Crippen LogP contribution in [0, 0.1) is 11.8 Å². The van der Waals surface area contributed by atoms with Gasteiger partial charge in [-0.15, -0.1) is 0 Å². The molecule has 1 aliphatic carbocycles. The quantitative estimate of drug-likeness (QED) is 0.732. The molecule has 0 aromatic heterocycles. The van der Waals surface area contributed by atoms with Gasteiger partial charge in [-0.1, -0.05) is 19.8 Å². The van der Waals surface area contributed by atoms with E-state index in [0.29, 0.717) is 17.8 Å². The first kappa shape index (κ1) is 12.1. The van der Waals surface area contributed by atoms with E-state index in [1.165, 1.54) is 19.3 Å². The zero-order valence-electron chi connectivity index (χ0n) is 10.4. The second-order valence-corrected chi connectivity index (χ2v) is 5.60. The average Bonchev–Trinajstić information content (AvgIpc) is 2.80. The lowest BCUT2D eigenvalue weighted by atomic mass is 9.80. The van der Waals surface area contributed by atoms with Crippen molar-refractivity contribution in [3.8, 4) is 0 Å². The van der Waals surface area contributed by atoms with E-state index in [-0.39, 0.29) is 0 Å². The maximum Gasteiger partial charge on any atom is 0.136 e. The van der Waals surface area contributed by atoms with Crippen LogP contribution < -0.4 is 0 Å². The van der Waals surface area contributed by atoms with E-state index in [1.807, 2.05) is 0 Å². The molecule has 0 radical (unpaired) electrons. The molecule has 0 aromatic carbocycles. The second-order valence-electron chi connectivity index (χ2n) is 5.60. The van der Waals surface area contributed by atoms with Crippen molar-refractivity contribution in [2.45, 2.75) is 64.4 Å². The topological polar surface area (TPSA) is 26.3 Å². The van der Waals surface area contributed by atoms with Gasteiger partial charge >= 0.3 is 0 Å². The first-order chi connectivity index (χ1) is 7.75. The molecule has 0 spiro atoms. The number of carbonyl (C=O) groups excluding carboxylic acids is 1. The molecular formula is C14H24O2. The lowest BCUT2D eigenvalue weighted by molar-refractivity contribution is -0.124. The largest absolute Gasteiger partial charge is 0.378 e. The summed E-state index contributed by atoms with van der Waals surface area (Å²) in [5, 5.41) is 0. The molecule has 1 unspecified atom stereocenters. The molecule has 2 heteroatoms. The highest BCUT2D eigenvalue weighted by atomic mass is 16.5. The van der Waals surface area contributed by atoms with Crippen LogP contribution in [0.2, 0.25) is 0 Å². The minimum absolute atomic E-state index is 0.373. The van der Waals surface area contributed by atoms with Crippen LogP contribution >= 0.6 is 0 Å². The number of hydrogen-bond acceptors (Lipinski definition) is 2. The van der Waals surface area contributed by atoms with Crippen molar-refractivity contribution >= 4 is 5.78 Å². The first-order valence-corrected chi connectivity index (χ1v) is 6.90. The van der Waals surface area contributed by atoms with Crippen LogP contribution in [0.5, 0.6) is 0 Å². The molecule has 0 N–H and O–H groups in total. The summed E-state index contributed by atoms with van der Waals surface area (Å²) in [6, 6.07) is 0. The van der Waals surface area contributed by atoms with Crippen LogP contribution in [-0.2, 0) is 9.53 Å². The Hall–Kier alpha value is -0.370. The molecular weight excluding hydrogens is 200 g/mol. The molecule has 1 aliphatic heterocycles. The molecule has 16 heavy (non-hydrogen) atoms. The minimum atomic E-state index is 0.373. The first-order valence-electron chi connectivity index (χ1n) is 6.90. The van der Waals surface area contributed by atoms with Gasteiger partial charge in [-0.05, 0) is 38.0 Å². The van der Waals surface area contributed by atoms with Gasteiger partial charge in [0.1, 0.15) is 5.78 Å². The smallest absolute Gasteiger partial charge is 0.136 e. The Bertz CT molecular complexity index is 223. The van der Waals surface area contributed by atoms with Crippen LogP contribution in [0.1, 0.15) is 58.3 Å². The van der Waals surface area contributed by atoms with Crippen molar-refractivity contribution in [3.63, 3.8) is 0 Å². The SMILES string of the molecule is CC1CCC(C(=O)CCC2CCCO2)CC1. The number of Topliss-reactive ketones (excluding diaryl/α,β-unsaturated/α-hetero) is 1. The monoisotopic (exact) mass is 224 g/mol. The molecule has 2 fully saturated rings. The van der Waals surface area contributed by atoms with Gasteiger partial charge in [-0.25, -0.2) is 0 Å². The summed E-state index contributed by atoms with van der Waals surface area (Å²) in [6.07, 6.45) is 9.19. The van der Waals surface area contributed by atoms with Crippen molar-refractivity contribution in [1.82, 2.24) is 0 Å². The van der Waals surface area contributed by atoms with Crippen LogP contribution in [0.4, 0.5) is 0 Å². The van der Waals surface area contributed by atoms with Crippen molar-refractivity contribution in [3.05, 3.63) is 0 Å². The summed E-state index contributed by atoms with van der Waals surface area (Å²) in [5.74, 6) is 1.71. The zero-order valence-corrected chi connectivity index (χ0v) is 10.4. The fraction of sp³-hybridized carbons (Fsp3) is 0.929. The highest BCUT2D eigenvalue weighted by molar-refractivity contribution is 5.81. The molecule has 0 aromatic rings. The molecule has 0 bridgehead atoms. The van der Waals surface area contributed by atoms with Gasteiger partial charge in [0.25, 0.3) is 0 Å². The molecule has 1 saturated heterocycles. The van der Waals surface area contributed by atoms with Crippen LogP contribution in [0.25, 0.3) is 0 Å². The average molecular weight is 224 g/mol. The summed E-state index contributed by atoms with van der Waals surface area (Å²) in [4.78, 5) is 12.0. The van der Waals surface area contributed by atoms with Crippen LogP contribution in [0.3, 0.4) is 0 Å². The van der Waals surface area contributed by atoms with Gasteiger partial charge < -0.3 is 4.74 Å². The van der Waals surface area contributed by atoms with E-state index in [0.717, 1.165) is 44.6 Å². The Morgan fingerprint density at radius 2 is 1.94 bits per heavy atom. The van der Waals surface area contributed by atoms with Crippen molar-refractivity contribution in [2.75, 3.05) is 6.61 Å². The van der Waals surface area contributed by atoms with Gasteiger partial charge in [0.05, 0.1) is 6.10 Å². The van der Waals surface area contributed by atoms with Gasteiger partial charge in [-0.3, -0.25) is 4.79 Å². The van der Waals surface area contributed by atoms with Gasteiger partial charge in [-0.2, -0.15) is 0 Å². The van der Waals surface area contributed by atoms with E-state index < -0.39 is 0 Å². The third-order valence-corrected chi connectivity index (χ3v) is 4.21. The Kier molecular flexibility index (Phi) is 4.39. The molecule has 2 nitrogen and oxygen atoms in total. The lowest BCUT2D eigenvalue weighted by Crippen LogP contribution is -2.21. The van der Waals surface area contributed by atoms with Crippen molar-refractivity contribution in [2.24, 2.45) is 11.8 Å². The van der Waals surface area contributed by atoms with Crippen molar-refractivity contribution in [1.29, 1.82) is 0 Å². The molecule has 1 saturated carbocycles. The fourth-order valence-corrected chi connectivity index (χ4v) is 2.96. The van der Waals surface area contributed by atoms with Crippen LogP contribution in [0.15, 0.2) is 0 Å². The lowest BCUT2D eigenvalue weighted by Gasteiger charge is -2.25. The van der Waals surface area contributed by atoms with Crippen molar-refractivity contribution < 1.29 is 9.53 Å². The maximum atomic E-state index is 12.0. The Balaban J connectivity index is 1.67. The number of hydrogen-bond donors (Lipinski definition) is 0. The third kappa shape index (κ3) is 3.31. The van der Waals surface area contributed by atoms with Crippen LogP contribution in [-0.4, -0.2) is 18.5 Å². The van der Waals surface area contributed by atoms with E-state index in [1.54, 1.807) is 0 Å². The molecule has 1 atom stereocenters. The molecule has 1 heterocycles. The number of ether oxygens (including phenoxy) is 1. The highest BCUT2D eigenvalue weighted by Gasteiger charge is 2.25. The van der Waals surface area contributed by atoms with Gasteiger partial charge in [0.15, 0.2) is 0 Å². The molecule has 92 valence electrons. The minimum Gasteiger partial charge on any atom is -0.378 e. The van der Waals surface area contributed by atoms with E-state index >= 15 is 0 Å². The Morgan fingerprint density at radius 1 is 1.19 bits per heavy atom. The number of rotatable bonds is 4. The zero-order chi connectivity index (χ0) is 11.4. The number of carbonyl (C=O) groups is 1. The van der Waals surface area contributed by atoms with Gasteiger partial charge in [0.2, 0.25) is 0 Å². The maximum absolute atomic E-state index is 12.0. The summed E-state index contributed by atoms with van der Waals surface area (Å²) >= 11 is 0.